The summed E-state index contributed by atoms with van der Waals surface area (Å²) in [6, 6.07) is 15.6. The number of benzene rings is 2. The Labute approximate surface area is 105 Å². The molecule has 0 radical (unpaired) electrons. The lowest BCUT2D eigenvalue weighted by atomic mass is 9.76. The highest BCUT2D eigenvalue weighted by atomic mass is 14.3. The van der Waals surface area contributed by atoms with Gasteiger partial charge in [0, 0.05) is 0 Å². The van der Waals surface area contributed by atoms with Crippen molar-refractivity contribution >= 4 is 10.8 Å². The lowest BCUT2D eigenvalue weighted by Crippen LogP contribution is -2.20. The van der Waals surface area contributed by atoms with E-state index in [9.17, 15) is 0 Å². The molecule has 0 saturated heterocycles. The van der Waals surface area contributed by atoms with Gasteiger partial charge >= 0.3 is 0 Å². The van der Waals surface area contributed by atoms with E-state index < -0.39 is 0 Å². The topological polar surface area (TPSA) is 0 Å². The molecule has 90 valence electrons. The largest absolute Gasteiger partial charge is 0.0654 e. The Kier molecular flexibility index (Phi) is 3.51. The summed E-state index contributed by atoms with van der Waals surface area (Å²) in [4.78, 5) is 0. The van der Waals surface area contributed by atoms with Gasteiger partial charge in [0.2, 0.25) is 0 Å². The van der Waals surface area contributed by atoms with Crippen LogP contribution < -0.4 is 0 Å². The molecular formula is C17H22. The molecule has 0 spiro atoms. The van der Waals surface area contributed by atoms with E-state index in [1.165, 1.54) is 35.6 Å². The van der Waals surface area contributed by atoms with Crippen molar-refractivity contribution in [2.24, 2.45) is 0 Å². The van der Waals surface area contributed by atoms with Crippen LogP contribution in [0.2, 0.25) is 0 Å². The van der Waals surface area contributed by atoms with E-state index >= 15 is 0 Å². The number of hydrogen-bond donors (Lipinski definition) is 0. The minimum Gasteiger partial charge on any atom is -0.0654 e. The van der Waals surface area contributed by atoms with Crippen LogP contribution in [0.1, 0.15) is 45.6 Å². The van der Waals surface area contributed by atoms with Gasteiger partial charge in [-0.25, -0.2) is 0 Å². The Balaban J connectivity index is 2.47. The van der Waals surface area contributed by atoms with Crippen LogP contribution in [-0.4, -0.2) is 0 Å². The summed E-state index contributed by atoms with van der Waals surface area (Å²) in [5.41, 5.74) is 1.82. The highest BCUT2D eigenvalue weighted by Crippen LogP contribution is 2.33. The van der Waals surface area contributed by atoms with E-state index in [4.69, 9.17) is 0 Å². The maximum Gasteiger partial charge on any atom is -0.00777 e. The molecule has 2 rings (SSSR count). The van der Waals surface area contributed by atoms with E-state index in [0.29, 0.717) is 5.41 Å². The van der Waals surface area contributed by atoms with Gasteiger partial charge in [0.15, 0.2) is 0 Å². The van der Waals surface area contributed by atoms with Gasteiger partial charge in [0.25, 0.3) is 0 Å². The summed E-state index contributed by atoms with van der Waals surface area (Å²) in [7, 11) is 0. The molecule has 2 aromatic carbocycles. The van der Waals surface area contributed by atoms with Crippen molar-refractivity contribution in [1.82, 2.24) is 0 Å². The Morgan fingerprint density at radius 1 is 0.941 bits per heavy atom. The Morgan fingerprint density at radius 2 is 1.65 bits per heavy atom. The third-order valence-electron chi connectivity index (χ3n) is 4.03. The van der Waals surface area contributed by atoms with Crippen LogP contribution >= 0.6 is 0 Å². The molecule has 0 heteroatoms. The zero-order valence-electron chi connectivity index (χ0n) is 11.2. The molecule has 0 bridgehead atoms. The standard InChI is InChI=1S/C17H22/c1-4-12-17(3,5-2)16-11-10-14-8-6-7-9-15(14)13-16/h6-11,13H,4-5,12H2,1-3H3. The molecule has 0 aromatic heterocycles. The van der Waals surface area contributed by atoms with Crippen LogP contribution in [0.5, 0.6) is 0 Å². The molecule has 0 heterocycles. The second-order valence-electron chi connectivity index (χ2n) is 5.23. The first kappa shape index (κ1) is 12.2. The first-order chi connectivity index (χ1) is 8.19. The van der Waals surface area contributed by atoms with Gasteiger partial charge in [-0.2, -0.15) is 0 Å². The zero-order valence-corrected chi connectivity index (χ0v) is 11.2. The molecule has 0 N–H and O–H groups in total. The van der Waals surface area contributed by atoms with Gasteiger partial charge in [0.1, 0.15) is 0 Å². The lowest BCUT2D eigenvalue weighted by molar-refractivity contribution is 0.414. The van der Waals surface area contributed by atoms with Gasteiger partial charge < -0.3 is 0 Å². The fourth-order valence-electron chi connectivity index (χ4n) is 2.64. The number of fused-ring (bicyclic) bond motifs is 1. The summed E-state index contributed by atoms with van der Waals surface area (Å²) in [6.07, 6.45) is 3.72. The molecule has 0 aliphatic rings. The molecule has 1 atom stereocenters. The van der Waals surface area contributed by atoms with E-state index in [0.717, 1.165) is 0 Å². The van der Waals surface area contributed by atoms with Crippen molar-refractivity contribution < 1.29 is 0 Å². The maximum atomic E-state index is 2.39. The highest BCUT2D eigenvalue weighted by molar-refractivity contribution is 5.83. The average Bonchev–Trinajstić information content (AvgIpc) is 2.38. The Hall–Kier alpha value is -1.30. The third-order valence-corrected chi connectivity index (χ3v) is 4.03. The van der Waals surface area contributed by atoms with Gasteiger partial charge in [-0.1, -0.05) is 69.7 Å². The van der Waals surface area contributed by atoms with E-state index in [1.807, 2.05) is 0 Å². The minimum absolute atomic E-state index is 0.332. The quantitative estimate of drug-likeness (QED) is 0.663. The molecule has 0 nitrogen and oxygen atoms in total. The second kappa shape index (κ2) is 4.91. The molecule has 0 aliphatic carbocycles. The smallest absolute Gasteiger partial charge is 0.00777 e. The second-order valence-corrected chi connectivity index (χ2v) is 5.23. The number of rotatable bonds is 4. The van der Waals surface area contributed by atoms with Crippen molar-refractivity contribution in [3.05, 3.63) is 48.0 Å². The maximum absolute atomic E-state index is 2.39. The third kappa shape index (κ3) is 2.36. The van der Waals surface area contributed by atoms with Crippen molar-refractivity contribution in [3.63, 3.8) is 0 Å². The highest BCUT2D eigenvalue weighted by Gasteiger charge is 2.23. The first-order valence-electron chi connectivity index (χ1n) is 6.69. The van der Waals surface area contributed by atoms with Crippen LogP contribution in [0, 0.1) is 0 Å². The van der Waals surface area contributed by atoms with Crippen LogP contribution in [-0.2, 0) is 5.41 Å². The predicted octanol–water partition coefficient (Wildman–Crippen LogP) is 5.31. The lowest BCUT2D eigenvalue weighted by Gasteiger charge is -2.29. The molecule has 2 aromatic rings. The normalized spacial score (nSPS) is 14.8. The van der Waals surface area contributed by atoms with Gasteiger partial charge in [0.05, 0.1) is 0 Å². The summed E-state index contributed by atoms with van der Waals surface area (Å²) < 4.78 is 0. The Bertz CT molecular complexity index is 498. The summed E-state index contributed by atoms with van der Waals surface area (Å²) in [6.45, 7) is 6.96. The summed E-state index contributed by atoms with van der Waals surface area (Å²) in [5.74, 6) is 0. The fourth-order valence-corrected chi connectivity index (χ4v) is 2.64. The predicted molar refractivity (Wildman–Crippen MR) is 76.5 cm³/mol. The van der Waals surface area contributed by atoms with Crippen molar-refractivity contribution in [3.8, 4) is 0 Å². The molecule has 17 heavy (non-hydrogen) atoms. The van der Waals surface area contributed by atoms with Crippen LogP contribution in [0.3, 0.4) is 0 Å². The van der Waals surface area contributed by atoms with Crippen molar-refractivity contribution in [1.29, 1.82) is 0 Å². The fraction of sp³-hybridized carbons (Fsp3) is 0.412. The minimum atomic E-state index is 0.332. The molecule has 0 amide bonds. The SMILES string of the molecule is CCCC(C)(CC)c1ccc2ccccc2c1. The molecule has 0 aliphatic heterocycles. The molecule has 0 fully saturated rings. The zero-order chi connectivity index (χ0) is 12.3. The Morgan fingerprint density at radius 3 is 2.29 bits per heavy atom. The monoisotopic (exact) mass is 226 g/mol. The van der Waals surface area contributed by atoms with E-state index in [1.54, 1.807) is 0 Å². The molecular weight excluding hydrogens is 204 g/mol. The summed E-state index contributed by atoms with van der Waals surface area (Å²) in [5, 5.41) is 2.70. The van der Waals surface area contributed by atoms with Crippen LogP contribution in [0.25, 0.3) is 10.8 Å². The molecule has 1 unspecified atom stereocenters. The van der Waals surface area contributed by atoms with Crippen LogP contribution in [0.4, 0.5) is 0 Å². The number of hydrogen-bond acceptors (Lipinski definition) is 0. The van der Waals surface area contributed by atoms with Gasteiger partial charge in [-0.05, 0) is 34.6 Å². The van der Waals surface area contributed by atoms with E-state index in [2.05, 4.69) is 63.2 Å². The van der Waals surface area contributed by atoms with Crippen LogP contribution in [0.15, 0.2) is 42.5 Å². The summed E-state index contributed by atoms with van der Waals surface area (Å²) >= 11 is 0. The van der Waals surface area contributed by atoms with Gasteiger partial charge in [-0.3, -0.25) is 0 Å². The van der Waals surface area contributed by atoms with Gasteiger partial charge in [-0.15, -0.1) is 0 Å². The average molecular weight is 226 g/mol. The molecule has 0 saturated carbocycles. The van der Waals surface area contributed by atoms with Crippen molar-refractivity contribution in [2.45, 2.75) is 45.4 Å². The van der Waals surface area contributed by atoms with E-state index in [-0.39, 0.29) is 0 Å². The first-order valence-corrected chi connectivity index (χ1v) is 6.69. The van der Waals surface area contributed by atoms with Crippen molar-refractivity contribution in [2.75, 3.05) is 0 Å².